The summed E-state index contributed by atoms with van der Waals surface area (Å²) < 4.78 is 4.88. The summed E-state index contributed by atoms with van der Waals surface area (Å²) in [6.45, 7) is 2.09. The first-order valence-electron chi connectivity index (χ1n) is 4.87. The summed E-state index contributed by atoms with van der Waals surface area (Å²) in [6.07, 6.45) is 0. The second-order valence-corrected chi connectivity index (χ2v) is 3.74. The Kier molecular flexibility index (Phi) is 2.75. The largest absolute Gasteiger partial charge is 0.461 e. The number of ether oxygens (including phenoxy) is 1. The molecule has 0 unspecified atom stereocenters. The number of hydrogen-bond donors (Lipinski definition) is 2. The molecule has 5 heteroatoms. The number of aromatic nitrogens is 1. The maximum Gasteiger partial charge on any atom is 0.354 e. The molecule has 84 valence electrons. The first kappa shape index (κ1) is 10.8. The molecule has 2 aromatic rings. The number of esters is 1. The Bertz CT molecular complexity index is 548. The Morgan fingerprint density at radius 2 is 2.31 bits per heavy atom. The fraction of sp³-hybridized carbons (Fsp3) is 0.182. The summed E-state index contributed by atoms with van der Waals surface area (Å²) in [5.74, 6) is -0.394. The Balaban J connectivity index is 2.52. The number of nitrogens with one attached hydrogen (secondary N) is 1. The maximum absolute atomic E-state index is 11.5. The van der Waals surface area contributed by atoms with E-state index in [1.165, 1.54) is 0 Å². The van der Waals surface area contributed by atoms with Gasteiger partial charge in [0.1, 0.15) is 5.69 Å². The van der Waals surface area contributed by atoms with Gasteiger partial charge in [-0.15, -0.1) is 0 Å². The zero-order valence-corrected chi connectivity index (χ0v) is 9.47. The Morgan fingerprint density at radius 1 is 1.56 bits per heavy atom. The minimum Gasteiger partial charge on any atom is -0.461 e. The quantitative estimate of drug-likeness (QED) is 0.624. The van der Waals surface area contributed by atoms with Crippen molar-refractivity contribution >= 4 is 34.2 Å². The highest BCUT2D eigenvalue weighted by molar-refractivity contribution is 6.34. The van der Waals surface area contributed by atoms with Gasteiger partial charge in [-0.3, -0.25) is 0 Å². The van der Waals surface area contributed by atoms with Crippen molar-refractivity contribution in [1.29, 1.82) is 0 Å². The summed E-state index contributed by atoms with van der Waals surface area (Å²) in [6, 6.07) is 5.19. The molecular weight excluding hydrogens is 228 g/mol. The highest BCUT2D eigenvalue weighted by atomic mass is 35.5. The highest BCUT2D eigenvalue weighted by Gasteiger charge is 2.12. The van der Waals surface area contributed by atoms with E-state index >= 15 is 0 Å². The predicted molar refractivity (Wildman–Crippen MR) is 63.7 cm³/mol. The lowest BCUT2D eigenvalue weighted by Crippen LogP contribution is -2.04. The van der Waals surface area contributed by atoms with E-state index in [1.807, 2.05) is 0 Å². The van der Waals surface area contributed by atoms with E-state index in [2.05, 4.69) is 4.98 Å². The SMILES string of the molecule is CCOC(=O)c1cc2ccc(Cl)c(N)c2[nH]1. The van der Waals surface area contributed by atoms with Gasteiger partial charge in [0.2, 0.25) is 0 Å². The lowest BCUT2D eigenvalue weighted by Gasteiger charge is -1.99. The first-order chi connectivity index (χ1) is 7.63. The summed E-state index contributed by atoms with van der Waals surface area (Å²) in [7, 11) is 0. The molecule has 1 heterocycles. The third-order valence-corrected chi connectivity index (χ3v) is 2.61. The van der Waals surface area contributed by atoms with E-state index in [-0.39, 0.29) is 0 Å². The number of H-pyrrole nitrogens is 1. The molecule has 1 aromatic carbocycles. The van der Waals surface area contributed by atoms with Gasteiger partial charge in [-0.05, 0) is 19.1 Å². The molecule has 0 amide bonds. The van der Waals surface area contributed by atoms with Gasteiger partial charge < -0.3 is 15.5 Å². The number of nitrogens with two attached hydrogens (primary N) is 1. The van der Waals surface area contributed by atoms with Crippen molar-refractivity contribution in [2.24, 2.45) is 0 Å². The number of benzene rings is 1. The van der Waals surface area contributed by atoms with Gasteiger partial charge in [0.15, 0.2) is 0 Å². The van der Waals surface area contributed by atoms with Crippen LogP contribution in [0.5, 0.6) is 0 Å². The number of nitrogen functional groups attached to an aromatic ring is 1. The van der Waals surface area contributed by atoms with Crippen LogP contribution < -0.4 is 5.73 Å². The van der Waals surface area contributed by atoms with Gasteiger partial charge in [-0.1, -0.05) is 17.7 Å². The Morgan fingerprint density at radius 3 is 3.00 bits per heavy atom. The van der Waals surface area contributed by atoms with Crippen molar-refractivity contribution < 1.29 is 9.53 Å². The lowest BCUT2D eigenvalue weighted by molar-refractivity contribution is 0.0520. The topological polar surface area (TPSA) is 68.1 Å². The van der Waals surface area contributed by atoms with E-state index < -0.39 is 5.97 Å². The van der Waals surface area contributed by atoms with Crippen molar-refractivity contribution in [2.45, 2.75) is 6.92 Å². The Labute approximate surface area is 97.3 Å². The normalized spacial score (nSPS) is 10.6. The van der Waals surface area contributed by atoms with E-state index in [1.54, 1.807) is 25.1 Å². The molecule has 2 rings (SSSR count). The van der Waals surface area contributed by atoms with Gasteiger partial charge in [-0.2, -0.15) is 0 Å². The van der Waals surface area contributed by atoms with E-state index in [4.69, 9.17) is 22.1 Å². The number of fused-ring (bicyclic) bond motifs is 1. The standard InChI is InChI=1S/C11H11ClN2O2/c1-2-16-11(15)8-5-6-3-4-7(12)9(13)10(6)14-8/h3-5,14H,2,13H2,1H3. The second kappa shape index (κ2) is 4.06. The fourth-order valence-electron chi connectivity index (χ4n) is 1.52. The van der Waals surface area contributed by atoms with Crippen LogP contribution in [0.1, 0.15) is 17.4 Å². The molecule has 1 aromatic heterocycles. The van der Waals surface area contributed by atoms with Gasteiger partial charge >= 0.3 is 5.97 Å². The zero-order chi connectivity index (χ0) is 11.7. The number of halogens is 1. The fourth-order valence-corrected chi connectivity index (χ4v) is 1.67. The molecule has 0 atom stereocenters. The van der Waals surface area contributed by atoms with Crippen LogP contribution in [0.15, 0.2) is 18.2 Å². The number of carbonyl (C=O) groups excluding carboxylic acids is 1. The van der Waals surface area contributed by atoms with Crippen molar-refractivity contribution in [2.75, 3.05) is 12.3 Å². The van der Waals surface area contributed by atoms with Crippen LogP contribution in [0.2, 0.25) is 5.02 Å². The summed E-state index contributed by atoms with van der Waals surface area (Å²) >= 11 is 5.88. The van der Waals surface area contributed by atoms with Crippen LogP contribution in [0, 0.1) is 0 Å². The molecule has 0 saturated carbocycles. The molecule has 0 spiro atoms. The summed E-state index contributed by atoms with van der Waals surface area (Å²) in [4.78, 5) is 14.4. The monoisotopic (exact) mass is 238 g/mol. The molecule has 0 aliphatic rings. The molecule has 0 aliphatic heterocycles. The molecular formula is C11H11ClN2O2. The molecule has 0 aliphatic carbocycles. The van der Waals surface area contributed by atoms with Crippen LogP contribution in [-0.4, -0.2) is 17.6 Å². The number of anilines is 1. The number of rotatable bonds is 2. The number of carbonyl (C=O) groups is 1. The van der Waals surface area contributed by atoms with E-state index in [0.717, 1.165) is 5.39 Å². The van der Waals surface area contributed by atoms with Gasteiger partial charge in [0.25, 0.3) is 0 Å². The molecule has 0 saturated heterocycles. The molecule has 0 fully saturated rings. The lowest BCUT2D eigenvalue weighted by atomic mass is 10.2. The van der Waals surface area contributed by atoms with Crippen LogP contribution in [0.3, 0.4) is 0 Å². The maximum atomic E-state index is 11.5. The van der Waals surface area contributed by atoms with Crippen LogP contribution >= 0.6 is 11.6 Å². The van der Waals surface area contributed by atoms with Crippen molar-refractivity contribution in [3.63, 3.8) is 0 Å². The van der Waals surface area contributed by atoms with Crippen molar-refractivity contribution in [3.8, 4) is 0 Å². The third kappa shape index (κ3) is 1.72. The molecule has 4 nitrogen and oxygen atoms in total. The van der Waals surface area contributed by atoms with Crippen LogP contribution in [0.4, 0.5) is 5.69 Å². The van der Waals surface area contributed by atoms with Gasteiger partial charge in [-0.25, -0.2) is 4.79 Å². The zero-order valence-electron chi connectivity index (χ0n) is 8.71. The summed E-state index contributed by atoms with van der Waals surface area (Å²) in [5.41, 5.74) is 7.27. The highest BCUT2D eigenvalue weighted by Crippen LogP contribution is 2.28. The molecule has 16 heavy (non-hydrogen) atoms. The number of hydrogen-bond acceptors (Lipinski definition) is 3. The first-order valence-corrected chi connectivity index (χ1v) is 5.25. The minimum atomic E-state index is -0.394. The predicted octanol–water partition coefficient (Wildman–Crippen LogP) is 2.58. The van der Waals surface area contributed by atoms with Crippen molar-refractivity contribution in [1.82, 2.24) is 4.98 Å². The average molecular weight is 239 g/mol. The minimum absolute atomic E-state index is 0.338. The smallest absolute Gasteiger partial charge is 0.354 e. The Hall–Kier alpha value is -1.68. The number of aromatic amines is 1. The van der Waals surface area contributed by atoms with E-state index in [0.29, 0.717) is 28.5 Å². The van der Waals surface area contributed by atoms with Crippen LogP contribution in [-0.2, 0) is 4.74 Å². The van der Waals surface area contributed by atoms with Crippen LogP contribution in [0.25, 0.3) is 10.9 Å². The second-order valence-electron chi connectivity index (χ2n) is 3.33. The van der Waals surface area contributed by atoms with Crippen molar-refractivity contribution in [3.05, 3.63) is 28.9 Å². The molecule has 0 radical (unpaired) electrons. The third-order valence-electron chi connectivity index (χ3n) is 2.28. The molecule has 3 N–H and O–H groups in total. The van der Waals surface area contributed by atoms with E-state index in [9.17, 15) is 4.79 Å². The van der Waals surface area contributed by atoms with Gasteiger partial charge in [0, 0.05) is 5.39 Å². The van der Waals surface area contributed by atoms with Gasteiger partial charge in [0.05, 0.1) is 22.8 Å². The molecule has 0 bridgehead atoms. The average Bonchev–Trinajstić information content (AvgIpc) is 2.69. The summed E-state index contributed by atoms with van der Waals surface area (Å²) in [5, 5.41) is 1.30.